The van der Waals surface area contributed by atoms with E-state index in [0.717, 1.165) is 19.7 Å². The van der Waals surface area contributed by atoms with E-state index in [9.17, 15) is 0 Å². The van der Waals surface area contributed by atoms with Crippen LogP contribution in [0.25, 0.3) is 0 Å². The van der Waals surface area contributed by atoms with Crippen LogP contribution >= 0.6 is 0 Å². The van der Waals surface area contributed by atoms with Crippen molar-refractivity contribution in [3.05, 3.63) is 0 Å². The monoisotopic (exact) mass is 175 g/mol. The van der Waals surface area contributed by atoms with Gasteiger partial charge in [-0.1, -0.05) is 14.4 Å². The van der Waals surface area contributed by atoms with Gasteiger partial charge >= 0.3 is 0 Å². The van der Waals surface area contributed by atoms with Crippen LogP contribution in [-0.2, 0) is 4.74 Å². The Hall–Kier alpha value is -0.0800. The zero-order valence-electron chi connectivity index (χ0n) is 8.48. The van der Waals surface area contributed by atoms with Crippen molar-refractivity contribution in [2.75, 3.05) is 26.7 Å². The molecule has 0 N–H and O–H groups in total. The maximum atomic E-state index is 5.56. The lowest BCUT2D eigenvalue weighted by atomic mass is 10.2. The third kappa shape index (κ3) is 9.92. The molecule has 0 atom stereocenters. The van der Waals surface area contributed by atoms with Gasteiger partial charge in [0.25, 0.3) is 0 Å². The van der Waals surface area contributed by atoms with Crippen LogP contribution < -0.4 is 0 Å². The molecule has 0 bridgehead atoms. The molecule has 0 aromatic heterocycles. The number of nitrogens with zero attached hydrogens (tertiary/aromatic N) is 1. The Bertz CT molecular complexity index is 96.5. The fourth-order valence-corrected chi connectivity index (χ4v) is 0.666. The lowest BCUT2D eigenvalue weighted by molar-refractivity contribution is -0.0103. The van der Waals surface area contributed by atoms with Gasteiger partial charge in [-0.3, -0.25) is 0 Å². The lowest BCUT2D eigenvalue weighted by Crippen LogP contribution is -2.28. The zero-order valence-corrected chi connectivity index (χ0v) is 8.48. The van der Waals surface area contributed by atoms with E-state index in [0.29, 0.717) is 0 Å². The summed E-state index contributed by atoms with van der Waals surface area (Å²) < 4.78 is 5.56. The molecule has 0 saturated heterocycles. The Kier molecular flexibility index (Phi) is 7.75. The third-order valence-electron chi connectivity index (χ3n) is 1.55. The van der Waals surface area contributed by atoms with Crippen molar-refractivity contribution in [3.8, 4) is 0 Å². The van der Waals surface area contributed by atoms with Gasteiger partial charge < -0.3 is 9.64 Å². The van der Waals surface area contributed by atoms with Crippen LogP contribution in [0.5, 0.6) is 0 Å². The summed E-state index contributed by atoms with van der Waals surface area (Å²) in [4.78, 5) is 2.24. The summed E-state index contributed by atoms with van der Waals surface area (Å²) in [5.41, 5.74) is 0.00851. The molecule has 0 rings (SSSR count). The molecule has 2 nitrogen and oxygen atoms in total. The molecule has 0 radical (unpaired) electrons. The number of rotatable bonds is 4. The summed E-state index contributed by atoms with van der Waals surface area (Å²) in [7, 11) is 2.10. The zero-order chi connectivity index (χ0) is 8.91. The van der Waals surface area contributed by atoms with Crippen molar-refractivity contribution < 1.29 is 4.74 Å². The Balaban J connectivity index is 0. The van der Waals surface area contributed by atoms with Crippen LogP contribution in [0.3, 0.4) is 0 Å². The van der Waals surface area contributed by atoms with Gasteiger partial charge in [0.1, 0.15) is 0 Å². The molecule has 0 aromatic carbocycles. The number of ether oxygens (including phenoxy) is 1. The lowest BCUT2D eigenvalue weighted by Gasteiger charge is -2.21. The minimum atomic E-state index is 0. The molecule has 0 amide bonds. The fourth-order valence-electron chi connectivity index (χ4n) is 0.666. The topological polar surface area (TPSA) is 12.5 Å². The Morgan fingerprint density at radius 1 is 1.25 bits per heavy atom. The predicted octanol–water partition coefficient (Wildman–Crippen LogP) is 2.39. The van der Waals surface area contributed by atoms with E-state index in [-0.39, 0.29) is 13.0 Å². The molecule has 0 spiro atoms. The first kappa shape index (κ1) is 14.4. The first-order valence-corrected chi connectivity index (χ1v) is 4.28. The van der Waals surface area contributed by atoms with Gasteiger partial charge in [-0.2, -0.15) is 0 Å². The Labute approximate surface area is 77.9 Å². The van der Waals surface area contributed by atoms with Crippen LogP contribution in [-0.4, -0.2) is 37.2 Å². The van der Waals surface area contributed by atoms with Crippen LogP contribution in [0.4, 0.5) is 0 Å². The van der Waals surface area contributed by atoms with E-state index in [1.807, 2.05) is 0 Å². The average Bonchev–Trinajstić information content (AvgIpc) is 1.85. The van der Waals surface area contributed by atoms with Crippen molar-refractivity contribution in [1.29, 1.82) is 0 Å². The quantitative estimate of drug-likeness (QED) is 0.650. The van der Waals surface area contributed by atoms with Crippen LogP contribution in [0, 0.1) is 0 Å². The minimum absolute atomic E-state index is 0. The van der Waals surface area contributed by atoms with Gasteiger partial charge in [-0.25, -0.2) is 0 Å². The molecule has 0 aromatic rings. The first-order valence-electron chi connectivity index (χ1n) is 4.28. The van der Waals surface area contributed by atoms with Gasteiger partial charge in [0.2, 0.25) is 0 Å². The van der Waals surface area contributed by atoms with Crippen molar-refractivity contribution in [2.45, 2.75) is 40.7 Å². The summed E-state index contributed by atoms with van der Waals surface area (Å²) >= 11 is 0. The summed E-state index contributed by atoms with van der Waals surface area (Å²) in [6.45, 7) is 11.3. The first-order chi connectivity index (χ1) is 4.95. The minimum Gasteiger partial charge on any atom is -0.375 e. The SMILES string of the molecule is C.CCN(C)CCOC(C)(C)C. The highest BCUT2D eigenvalue weighted by atomic mass is 16.5. The molecule has 0 aliphatic heterocycles. The molecular formula is C10H25NO. The third-order valence-corrected chi connectivity index (χ3v) is 1.55. The van der Waals surface area contributed by atoms with E-state index < -0.39 is 0 Å². The van der Waals surface area contributed by atoms with Crippen molar-refractivity contribution >= 4 is 0 Å². The normalized spacial score (nSPS) is 11.5. The molecule has 0 heterocycles. The molecule has 0 saturated carbocycles. The standard InChI is InChI=1S/C9H21NO.CH4/c1-6-10(5)7-8-11-9(2,3)4;/h6-8H2,1-5H3;1H4. The smallest absolute Gasteiger partial charge is 0.0600 e. The van der Waals surface area contributed by atoms with Crippen molar-refractivity contribution in [1.82, 2.24) is 4.90 Å². The van der Waals surface area contributed by atoms with E-state index in [1.165, 1.54) is 0 Å². The van der Waals surface area contributed by atoms with Crippen molar-refractivity contribution in [2.24, 2.45) is 0 Å². The second-order valence-electron chi connectivity index (χ2n) is 3.86. The number of likely N-dealkylation sites (N-methyl/N-ethyl adjacent to an activating group) is 1. The van der Waals surface area contributed by atoms with Gasteiger partial charge in [0.15, 0.2) is 0 Å². The predicted molar refractivity (Wildman–Crippen MR) is 55.6 cm³/mol. The fraction of sp³-hybridized carbons (Fsp3) is 1.00. The van der Waals surface area contributed by atoms with Crippen LogP contribution in [0.2, 0.25) is 0 Å². The largest absolute Gasteiger partial charge is 0.375 e. The van der Waals surface area contributed by atoms with Gasteiger partial charge in [-0.15, -0.1) is 0 Å². The maximum absolute atomic E-state index is 5.56. The number of hydrogen-bond donors (Lipinski definition) is 0. The summed E-state index contributed by atoms with van der Waals surface area (Å²) in [5.74, 6) is 0. The second kappa shape index (κ2) is 6.44. The molecule has 76 valence electrons. The molecular weight excluding hydrogens is 150 g/mol. The molecule has 12 heavy (non-hydrogen) atoms. The van der Waals surface area contributed by atoms with Gasteiger partial charge in [-0.05, 0) is 34.4 Å². The van der Waals surface area contributed by atoms with Crippen LogP contribution in [0.15, 0.2) is 0 Å². The summed E-state index contributed by atoms with van der Waals surface area (Å²) in [6, 6.07) is 0. The van der Waals surface area contributed by atoms with E-state index in [4.69, 9.17) is 4.74 Å². The summed E-state index contributed by atoms with van der Waals surface area (Å²) in [5, 5.41) is 0. The van der Waals surface area contributed by atoms with Crippen molar-refractivity contribution in [3.63, 3.8) is 0 Å². The molecule has 2 heteroatoms. The van der Waals surface area contributed by atoms with Gasteiger partial charge in [0.05, 0.1) is 12.2 Å². The van der Waals surface area contributed by atoms with E-state index in [1.54, 1.807) is 0 Å². The Morgan fingerprint density at radius 3 is 2.08 bits per heavy atom. The second-order valence-corrected chi connectivity index (χ2v) is 3.86. The highest BCUT2D eigenvalue weighted by Crippen LogP contribution is 2.05. The van der Waals surface area contributed by atoms with E-state index in [2.05, 4.69) is 39.6 Å². The van der Waals surface area contributed by atoms with Crippen LogP contribution in [0.1, 0.15) is 35.1 Å². The maximum Gasteiger partial charge on any atom is 0.0600 e. The molecule has 0 aliphatic rings. The highest BCUT2D eigenvalue weighted by Gasteiger charge is 2.09. The van der Waals surface area contributed by atoms with E-state index >= 15 is 0 Å². The summed E-state index contributed by atoms with van der Waals surface area (Å²) in [6.07, 6.45) is 0. The Morgan fingerprint density at radius 2 is 1.75 bits per heavy atom. The average molecular weight is 175 g/mol. The number of hydrogen-bond acceptors (Lipinski definition) is 2. The molecule has 0 aliphatic carbocycles. The molecule has 0 fully saturated rings. The highest BCUT2D eigenvalue weighted by molar-refractivity contribution is 4.59. The molecule has 0 unspecified atom stereocenters. The van der Waals surface area contributed by atoms with Gasteiger partial charge in [0, 0.05) is 6.54 Å².